The number of hydrogen-bond acceptors (Lipinski definition) is 1. The molecule has 0 atom stereocenters. The lowest BCUT2D eigenvalue weighted by Gasteiger charge is -2.08. The van der Waals surface area contributed by atoms with Crippen LogP contribution in [-0.2, 0) is 6.18 Å². The van der Waals surface area contributed by atoms with Gasteiger partial charge in [-0.3, -0.25) is 4.79 Å². The van der Waals surface area contributed by atoms with Crippen LogP contribution in [0, 0.1) is 0 Å². The van der Waals surface area contributed by atoms with Crippen LogP contribution in [0.25, 0.3) is 6.08 Å². The smallest absolute Gasteiger partial charge is 0.298 e. The van der Waals surface area contributed by atoms with Crippen LogP contribution in [0.1, 0.15) is 21.5 Å². The van der Waals surface area contributed by atoms with Gasteiger partial charge in [-0.15, -0.1) is 11.6 Å². The first-order valence-corrected chi connectivity index (χ1v) is 4.91. The van der Waals surface area contributed by atoms with E-state index in [9.17, 15) is 18.0 Å². The molecule has 0 heterocycles. The Morgan fingerprint density at radius 2 is 1.94 bits per heavy atom. The molecule has 0 spiro atoms. The summed E-state index contributed by atoms with van der Waals surface area (Å²) >= 11 is 5.38. The van der Waals surface area contributed by atoms with E-state index in [2.05, 4.69) is 0 Å². The van der Waals surface area contributed by atoms with Crippen molar-refractivity contribution in [3.8, 4) is 0 Å². The summed E-state index contributed by atoms with van der Waals surface area (Å²) in [6, 6.07) is 2.94. The van der Waals surface area contributed by atoms with Gasteiger partial charge in [-0.05, 0) is 17.7 Å². The molecular formula is C11H8ClF3O. The third kappa shape index (κ3) is 3.10. The molecular weight excluding hydrogens is 241 g/mol. The van der Waals surface area contributed by atoms with Crippen LogP contribution in [0.5, 0.6) is 0 Å². The van der Waals surface area contributed by atoms with Crippen molar-refractivity contribution < 1.29 is 18.0 Å². The number of aldehydes is 1. The predicted octanol–water partition coefficient (Wildman–Crippen LogP) is 3.77. The zero-order valence-electron chi connectivity index (χ0n) is 8.09. The predicted molar refractivity (Wildman–Crippen MR) is 56.6 cm³/mol. The van der Waals surface area contributed by atoms with Crippen LogP contribution in [-0.4, -0.2) is 12.2 Å². The Bertz CT molecular complexity index is 410. The average molecular weight is 249 g/mol. The summed E-state index contributed by atoms with van der Waals surface area (Å²) in [6.07, 6.45) is -1.03. The van der Waals surface area contributed by atoms with E-state index >= 15 is 0 Å². The standard InChI is InChI=1S/C11H8ClF3O/c12-5-1-2-8-6-10(11(13,14)15)4-3-9(8)7-16/h1-4,6-7H,5H2. The minimum atomic E-state index is -4.41. The number of alkyl halides is 4. The van der Waals surface area contributed by atoms with Crippen LogP contribution in [0.4, 0.5) is 13.2 Å². The summed E-state index contributed by atoms with van der Waals surface area (Å²) < 4.78 is 37.2. The molecule has 1 nitrogen and oxygen atoms in total. The van der Waals surface area contributed by atoms with Crippen molar-refractivity contribution in [1.29, 1.82) is 0 Å². The molecule has 1 aromatic rings. The Labute approximate surface area is 95.5 Å². The molecule has 0 fully saturated rings. The number of benzene rings is 1. The van der Waals surface area contributed by atoms with Gasteiger partial charge in [-0.1, -0.05) is 18.2 Å². The van der Waals surface area contributed by atoms with Gasteiger partial charge >= 0.3 is 6.18 Å². The lowest BCUT2D eigenvalue weighted by atomic mass is 10.0. The average Bonchev–Trinajstić information content (AvgIpc) is 2.24. The highest BCUT2D eigenvalue weighted by molar-refractivity contribution is 6.19. The fourth-order valence-corrected chi connectivity index (χ4v) is 1.26. The minimum Gasteiger partial charge on any atom is -0.298 e. The molecule has 0 N–H and O–H groups in total. The number of allylic oxidation sites excluding steroid dienone is 1. The molecule has 0 unspecified atom stereocenters. The molecule has 0 saturated heterocycles. The topological polar surface area (TPSA) is 17.1 Å². The second-order valence-electron chi connectivity index (χ2n) is 3.02. The fraction of sp³-hybridized carbons (Fsp3) is 0.182. The van der Waals surface area contributed by atoms with Gasteiger partial charge in [-0.2, -0.15) is 13.2 Å². The van der Waals surface area contributed by atoms with Gasteiger partial charge in [0.25, 0.3) is 0 Å². The van der Waals surface area contributed by atoms with E-state index in [0.717, 1.165) is 18.2 Å². The summed E-state index contributed by atoms with van der Waals surface area (Å²) in [5.74, 6) is 0.175. The van der Waals surface area contributed by atoms with Crippen molar-refractivity contribution in [3.05, 3.63) is 41.0 Å². The van der Waals surface area contributed by atoms with E-state index in [1.54, 1.807) is 0 Å². The Kier molecular flexibility index (Phi) is 4.12. The van der Waals surface area contributed by atoms with E-state index < -0.39 is 11.7 Å². The number of carbonyl (C=O) groups excluding carboxylic acids is 1. The first-order chi connectivity index (χ1) is 7.49. The van der Waals surface area contributed by atoms with Crippen molar-refractivity contribution in [2.75, 3.05) is 5.88 Å². The van der Waals surface area contributed by atoms with E-state index in [1.165, 1.54) is 12.2 Å². The highest BCUT2D eigenvalue weighted by atomic mass is 35.5. The summed E-state index contributed by atoms with van der Waals surface area (Å²) in [5, 5.41) is 0. The maximum absolute atomic E-state index is 12.4. The summed E-state index contributed by atoms with van der Waals surface area (Å²) in [6.45, 7) is 0. The number of hydrogen-bond donors (Lipinski definition) is 0. The summed E-state index contributed by atoms with van der Waals surface area (Å²) in [4.78, 5) is 10.6. The summed E-state index contributed by atoms with van der Waals surface area (Å²) in [7, 11) is 0. The SMILES string of the molecule is O=Cc1ccc(C(F)(F)F)cc1C=CCCl. The highest BCUT2D eigenvalue weighted by Gasteiger charge is 2.30. The normalized spacial score (nSPS) is 12.0. The minimum absolute atomic E-state index is 0.175. The molecule has 5 heteroatoms. The van der Waals surface area contributed by atoms with Crippen LogP contribution in [0.2, 0.25) is 0 Å². The second-order valence-corrected chi connectivity index (χ2v) is 3.32. The third-order valence-corrected chi connectivity index (χ3v) is 2.11. The quantitative estimate of drug-likeness (QED) is 0.588. The molecule has 1 aromatic carbocycles. The molecule has 1 rings (SSSR count). The van der Waals surface area contributed by atoms with Crippen molar-refractivity contribution in [2.45, 2.75) is 6.18 Å². The van der Waals surface area contributed by atoms with E-state index in [-0.39, 0.29) is 17.0 Å². The molecule has 0 aromatic heterocycles. The third-order valence-electron chi connectivity index (χ3n) is 1.93. The molecule has 0 amide bonds. The zero-order valence-corrected chi connectivity index (χ0v) is 8.85. The number of rotatable bonds is 3. The Morgan fingerprint density at radius 1 is 1.25 bits per heavy atom. The maximum Gasteiger partial charge on any atom is 0.416 e. The zero-order chi connectivity index (χ0) is 12.2. The molecule has 86 valence electrons. The highest BCUT2D eigenvalue weighted by Crippen LogP contribution is 2.30. The molecule has 16 heavy (non-hydrogen) atoms. The summed E-state index contributed by atoms with van der Waals surface area (Å²) in [5.41, 5.74) is -0.368. The molecule has 0 bridgehead atoms. The van der Waals surface area contributed by atoms with Crippen LogP contribution >= 0.6 is 11.6 Å². The van der Waals surface area contributed by atoms with Crippen molar-refractivity contribution in [2.24, 2.45) is 0 Å². The van der Waals surface area contributed by atoms with Crippen molar-refractivity contribution in [1.82, 2.24) is 0 Å². The Morgan fingerprint density at radius 3 is 2.44 bits per heavy atom. The molecule has 0 radical (unpaired) electrons. The maximum atomic E-state index is 12.4. The number of carbonyl (C=O) groups is 1. The first-order valence-electron chi connectivity index (χ1n) is 4.38. The fourth-order valence-electron chi connectivity index (χ4n) is 1.17. The van der Waals surface area contributed by atoms with Crippen molar-refractivity contribution in [3.63, 3.8) is 0 Å². The van der Waals surface area contributed by atoms with Gasteiger partial charge in [0.2, 0.25) is 0 Å². The number of halogens is 4. The first kappa shape index (κ1) is 12.8. The van der Waals surface area contributed by atoms with Gasteiger partial charge in [0.05, 0.1) is 5.56 Å². The van der Waals surface area contributed by atoms with Crippen LogP contribution in [0.15, 0.2) is 24.3 Å². The lowest BCUT2D eigenvalue weighted by Crippen LogP contribution is -2.05. The lowest BCUT2D eigenvalue weighted by molar-refractivity contribution is -0.137. The van der Waals surface area contributed by atoms with E-state index in [4.69, 9.17) is 11.6 Å². The largest absolute Gasteiger partial charge is 0.416 e. The monoisotopic (exact) mass is 248 g/mol. The van der Waals surface area contributed by atoms with Gasteiger partial charge in [0.1, 0.15) is 0 Å². The van der Waals surface area contributed by atoms with Gasteiger partial charge in [0.15, 0.2) is 6.29 Å². The molecule has 0 saturated carbocycles. The van der Waals surface area contributed by atoms with Crippen LogP contribution in [0.3, 0.4) is 0 Å². The molecule has 0 aliphatic rings. The van der Waals surface area contributed by atoms with E-state index in [0.29, 0.717) is 6.29 Å². The van der Waals surface area contributed by atoms with Gasteiger partial charge in [-0.25, -0.2) is 0 Å². The van der Waals surface area contributed by atoms with E-state index in [1.807, 2.05) is 0 Å². The Balaban J connectivity index is 3.21. The van der Waals surface area contributed by atoms with Gasteiger partial charge in [0, 0.05) is 11.4 Å². The molecule has 0 aliphatic heterocycles. The van der Waals surface area contributed by atoms with Crippen LogP contribution < -0.4 is 0 Å². The second kappa shape index (κ2) is 5.16. The van der Waals surface area contributed by atoms with Crippen molar-refractivity contribution >= 4 is 24.0 Å². The van der Waals surface area contributed by atoms with Gasteiger partial charge < -0.3 is 0 Å². The Hall–Kier alpha value is -1.29. The molecule has 0 aliphatic carbocycles.